The SMILES string of the molecule is CN(C(=O)OCc1ccccc1)c1ccc(Cl)nn1. The average molecular weight is 278 g/mol. The molecule has 0 saturated carbocycles. The van der Waals surface area contributed by atoms with Crippen molar-refractivity contribution >= 4 is 23.5 Å². The van der Waals surface area contributed by atoms with E-state index < -0.39 is 6.09 Å². The van der Waals surface area contributed by atoms with Crippen molar-refractivity contribution in [2.75, 3.05) is 11.9 Å². The third-order valence-corrected chi connectivity index (χ3v) is 2.64. The van der Waals surface area contributed by atoms with Crippen molar-refractivity contribution in [3.05, 3.63) is 53.2 Å². The Hall–Kier alpha value is -2.14. The summed E-state index contributed by atoms with van der Waals surface area (Å²) in [6.07, 6.45) is -0.500. The van der Waals surface area contributed by atoms with Gasteiger partial charge in [0.1, 0.15) is 6.61 Å². The predicted molar refractivity (Wildman–Crippen MR) is 72.1 cm³/mol. The Balaban J connectivity index is 1.94. The van der Waals surface area contributed by atoms with E-state index in [0.717, 1.165) is 5.56 Å². The second kappa shape index (κ2) is 6.15. The maximum atomic E-state index is 11.8. The molecule has 0 aliphatic heterocycles. The van der Waals surface area contributed by atoms with E-state index in [1.165, 1.54) is 4.90 Å². The predicted octanol–water partition coefficient (Wildman–Crippen LogP) is 2.90. The number of amides is 1. The summed E-state index contributed by atoms with van der Waals surface area (Å²) in [5, 5.41) is 7.74. The van der Waals surface area contributed by atoms with Gasteiger partial charge in [-0.2, -0.15) is 0 Å². The lowest BCUT2D eigenvalue weighted by Crippen LogP contribution is -2.27. The van der Waals surface area contributed by atoms with Crippen molar-refractivity contribution < 1.29 is 9.53 Å². The minimum Gasteiger partial charge on any atom is -0.444 e. The molecule has 0 aliphatic carbocycles. The topological polar surface area (TPSA) is 55.3 Å². The van der Waals surface area contributed by atoms with Crippen LogP contribution in [0.4, 0.5) is 10.6 Å². The van der Waals surface area contributed by atoms with Gasteiger partial charge in [-0.05, 0) is 17.7 Å². The van der Waals surface area contributed by atoms with Gasteiger partial charge in [-0.3, -0.25) is 4.90 Å². The van der Waals surface area contributed by atoms with Crippen LogP contribution < -0.4 is 4.90 Å². The fraction of sp³-hybridized carbons (Fsp3) is 0.154. The second-order valence-corrected chi connectivity index (χ2v) is 4.20. The monoisotopic (exact) mass is 277 g/mol. The second-order valence-electron chi connectivity index (χ2n) is 3.81. The molecule has 0 N–H and O–H groups in total. The van der Waals surface area contributed by atoms with E-state index >= 15 is 0 Å². The van der Waals surface area contributed by atoms with Gasteiger partial charge in [0.25, 0.3) is 0 Å². The lowest BCUT2D eigenvalue weighted by molar-refractivity contribution is 0.148. The molecule has 0 unspecified atom stereocenters. The average Bonchev–Trinajstić information content (AvgIpc) is 2.46. The molecule has 1 amide bonds. The number of halogens is 1. The normalized spacial score (nSPS) is 10.0. The number of hydrogen-bond acceptors (Lipinski definition) is 4. The van der Waals surface area contributed by atoms with Gasteiger partial charge in [0.05, 0.1) is 0 Å². The van der Waals surface area contributed by atoms with Gasteiger partial charge in [0, 0.05) is 7.05 Å². The van der Waals surface area contributed by atoms with Crippen molar-refractivity contribution in [1.82, 2.24) is 10.2 Å². The van der Waals surface area contributed by atoms with E-state index in [9.17, 15) is 4.79 Å². The number of rotatable bonds is 3. The fourth-order valence-corrected chi connectivity index (χ4v) is 1.50. The fourth-order valence-electron chi connectivity index (χ4n) is 1.40. The van der Waals surface area contributed by atoms with E-state index in [0.29, 0.717) is 5.82 Å². The Kier molecular flexibility index (Phi) is 4.30. The Morgan fingerprint density at radius 1 is 1.21 bits per heavy atom. The maximum Gasteiger partial charge on any atom is 0.415 e. The first kappa shape index (κ1) is 13.3. The molecule has 98 valence electrons. The van der Waals surface area contributed by atoms with Gasteiger partial charge in [0.15, 0.2) is 11.0 Å². The van der Waals surface area contributed by atoms with E-state index in [4.69, 9.17) is 16.3 Å². The minimum atomic E-state index is -0.500. The Morgan fingerprint density at radius 3 is 2.58 bits per heavy atom. The molecule has 1 aromatic heterocycles. The molecule has 2 rings (SSSR count). The lowest BCUT2D eigenvalue weighted by Gasteiger charge is -2.15. The minimum absolute atomic E-state index is 0.213. The summed E-state index contributed by atoms with van der Waals surface area (Å²) in [6, 6.07) is 12.6. The first-order valence-corrected chi connectivity index (χ1v) is 5.98. The molecular weight excluding hydrogens is 266 g/mol. The Morgan fingerprint density at radius 2 is 1.95 bits per heavy atom. The van der Waals surface area contributed by atoms with Gasteiger partial charge < -0.3 is 4.74 Å². The highest BCUT2D eigenvalue weighted by molar-refractivity contribution is 6.29. The van der Waals surface area contributed by atoms with Crippen LogP contribution in [0.1, 0.15) is 5.56 Å². The van der Waals surface area contributed by atoms with Gasteiger partial charge >= 0.3 is 6.09 Å². The quantitative estimate of drug-likeness (QED) is 0.866. The Labute approximate surface area is 115 Å². The number of nitrogens with zero attached hydrogens (tertiary/aromatic N) is 3. The molecule has 1 heterocycles. The van der Waals surface area contributed by atoms with E-state index in [1.807, 2.05) is 30.3 Å². The molecule has 0 radical (unpaired) electrons. The molecule has 0 bridgehead atoms. The maximum absolute atomic E-state index is 11.8. The Bertz CT molecular complexity index is 546. The number of benzene rings is 1. The van der Waals surface area contributed by atoms with Crippen LogP contribution in [-0.2, 0) is 11.3 Å². The van der Waals surface area contributed by atoms with Crippen LogP contribution in [0, 0.1) is 0 Å². The first-order valence-electron chi connectivity index (χ1n) is 5.60. The zero-order valence-corrected chi connectivity index (χ0v) is 11.0. The zero-order chi connectivity index (χ0) is 13.7. The van der Waals surface area contributed by atoms with Gasteiger partial charge in [-0.1, -0.05) is 41.9 Å². The van der Waals surface area contributed by atoms with E-state index in [-0.39, 0.29) is 11.8 Å². The summed E-state index contributed by atoms with van der Waals surface area (Å²) in [6.45, 7) is 0.213. The molecule has 0 saturated heterocycles. The highest BCUT2D eigenvalue weighted by Gasteiger charge is 2.13. The highest BCUT2D eigenvalue weighted by Crippen LogP contribution is 2.12. The molecule has 0 aliphatic rings. The van der Waals surface area contributed by atoms with Gasteiger partial charge in [-0.15, -0.1) is 10.2 Å². The summed E-state index contributed by atoms with van der Waals surface area (Å²) in [5.74, 6) is 0.377. The van der Waals surface area contributed by atoms with Crippen LogP contribution in [0.3, 0.4) is 0 Å². The highest BCUT2D eigenvalue weighted by atomic mass is 35.5. The van der Waals surface area contributed by atoms with Crippen LogP contribution >= 0.6 is 11.6 Å². The van der Waals surface area contributed by atoms with Crippen LogP contribution in [0.15, 0.2) is 42.5 Å². The molecule has 0 atom stereocenters. The molecule has 0 spiro atoms. The van der Waals surface area contributed by atoms with Crippen LogP contribution in [0.25, 0.3) is 0 Å². The summed E-state index contributed by atoms with van der Waals surface area (Å²) in [4.78, 5) is 13.1. The third kappa shape index (κ3) is 3.66. The number of aromatic nitrogens is 2. The van der Waals surface area contributed by atoms with Crippen molar-refractivity contribution in [3.8, 4) is 0 Å². The molecule has 1 aromatic carbocycles. The first-order chi connectivity index (χ1) is 9.16. The lowest BCUT2D eigenvalue weighted by atomic mass is 10.2. The van der Waals surface area contributed by atoms with Crippen LogP contribution in [-0.4, -0.2) is 23.3 Å². The van der Waals surface area contributed by atoms with E-state index in [2.05, 4.69) is 10.2 Å². The van der Waals surface area contributed by atoms with Crippen molar-refractivity contribution in [2.45, 2.75) is 6.61 Å². The van der Waals surface area contributed by atoms with Gasteiger partial charge in [-0.25, -0.2) is 4.79 Å². The van der Waals surface area contributed by atoms with Gasteiger partial charge in [0.2, 0.25) is 0 Å². The largest absolute Gasteiger partial charge is 0.444 e. The summed E-state index contributed by atoms with van der Waals surface area (Å²) in [5.41, 5.74) is 0.923. The molecule has 19 heavy (non-hydrogen) atoms. The van der Waals surface area contributed by atoms with Crippen molar-refractivity contribution in [2.24, 2.45) is 0 Å². The zero-order valence-electron chi connectivity index (χ0n) is 10.3. The summed E-state index contributed by atoms with van der Waals surface area (Å²) in [7, 11) is 1.56. The number of carbonyl (C=O) groups excluding carboxylic acids is 1. The number of anilines is 1. The molecule has 0 fully saturated rings. The third-order valence-electron chi connectivity index (χ3n) is 2.44. The van der Waals surface area contributed by atoms with E-state index in [1.54, 1.807) is 19.2 Å². The standard InChI is InChI=1S/C13H12ClN3O2/c1-17(12-8-7-11(14)15-16-12)13(18)19-9-10-5-3-2-4-6-10/h2-8H,9H2,1H3. The molecule has 6 heteroatoms. The van der Waals surface area contributed by atoms with Crippen LogP contribution in [0.5, 0.6) is 0 Å². The summed E-state index contributed by atoms with van der Waals surface area (Å²) < 4.78 is 5.16. The van der Waals surface area contributed by atoms with Crippen molar-refractivity contribution in [1.29, 1.82) is 0 Å². The molecular formula is C13H12ClN3O2. The summed E-state index contributed by atoms with van der Waals surface area (Å²) >= 11 is 5.63. The van der Waals surface area contributed by atoms with Crippen LogP contribution in [0.2, 0.25) is 5.15 Å². The number of carbonyl (C=O) groups is 1. The molecule has 2 aromatic rings. The number of hydrogen-bond donors (Lipinski definition) is 0. The number of ether oxygens (including phenoxy) is 1. The smallest absolute Gasteiger partial charge is 0.415 e. The molecule has 5 nitrogen and oxygen atoms in total. The van der Waals surface area contributed by atoms with Crippen molar-refractivity contribution in [3.63, 3.8) is 0 Å².